The minimum atomic E-state index is 0.951. The van der Waals surface area contributed by atoms with E-state index in [9.17, 15) is 0 Å². The topological polar surface area (TPSA) is 6.48 Å². The summed E-state index contributed by atoms with van der Waals surface area (Å²) in [5.41, 5.74) is 0. The summed E-state index contributed by atoms with van der Waals surface area (Å²) < 4.78 is 2.21. The predicted molar refractivity (Wildman–Crippen MR) is 220 cm³/mol. The maximum atomic E-state index is 6.04. The summed E-state index contributed by atoms with van der Waals surface area (Å²) in [6.07, 6.45) is 38.1. The van der Waals surface area contributed by atoms with Crippen LogP contribution >= 0.6 is 48.0 Å². The quantitative estimate of drug-likeness (QED) is 0.0371. The molecule has 268 valence electrons. The summed E-state index contributed by atoms with van der Waals surface area (Å²) in [7, 11) is 0. The van der Waals surface area contributed by atoms with E-state index in [-0.39, 0.29) is 0 Å². The molecule has 0 fully saturated rings. The number of hydrogen-bond donors (Lipinski definition) is 0. The van der Waals surface area contributed by atoms with Gasteiger partial charge in [-0.15, -0.1) is 0 Å². The van der Waals surface area contributed by atoms with Crippen LogP contribution in [0.15, 0.2) is 0 Å². The van der Waals surface area contributed by atoms with Crippen LogP contribution in [-0.2, 0) is 0 Å². The van der Waals surface area contributed by atoms with Crippen LogP contribution in [0.3, 0.4) is 0 Å². The van der Waals surface area contributed by atoms with Crippen molar-refractivity contribution in [2.24, 2.45) is 0 Å². The highest BCUT2D eigenvalue weighted by Gasteiger charge is 2.14. The van der Waals surface area contributed by atoms with Gasteiger partial charge < -0.3 is 9.80 Å². The fourth-order valence-corrected chi connectivity index (χ4v) is 8.94. The molecule has 0 spiro atoms. The third kappa shape index (κ3) is 31.5. The summed E-state index contributed by atoms with van der Waals surface area (Å²) in [5, 5.41) is 0.951. The van der Waals surface area contributed by atoms with Crippen LogP contribution in [0.4, 0.5) is 0 Å². The first-order valence-electron chi connectivity index (χ1n) is 19.9. The number of unbranched alkanes of at least 4 members (excludes halogenated alkanes) is 24. The summed E-state index contributed by atoms with van der Waals surface area (Å²) in [4.78, 5) is 5.07. The van der Waals surface area contributed by atoms with Crippen LogP contribution in [0.25, 0.3) is 0 Å². The molecule has 6 heteroatoms. The van der Waals surface area contributed by atoms with Gasteiger partial charge >= 0.3 is 0 Å². The van der Waals surface area contributed by atoms with Crippen molar-refractivity contribution in [1.29, 1.82) is 0 Å². The summed E-state index contributed by atoms with van der Waals surface area (Å²) in [6.45, 7) is 13.7. The van der Waals surface area contributed by atoms with Gasteiger partial charge in [-0.2, -0.15) is 0 Å². The van der Waals surface area contributed by atoms with Crippen LogP contribution in [0.5, 0.6) is 0 Å². The molecule has 0 aliphatic carbocycles. The molecule has 0 atom stereocenters. The molecule has 0 aliphatic rings. The minimum Gasteiger partial charge on any atom is -0.358 e. The van der Waals surface area contributed by atoms with E-state index in [0.29, 0.717) is 0 Å². The maximum Gasteiger partial charge on any atom is 0.137 e. The number of nitrogens with zero attached hydrogens (tertiary/aromatic N) is 2. The molecule has 0 N–H and O–H groups in total. The smallest absolute Gasteiger partial charge is 0.137 e. The fraction of sp³-hybridized carbons (Fsp3) is 0.949. The molecule has 0 aliphatic heterocycles. The Kier molecular flexibility index (Phi) is 37.7. The van der Waals surface area contributed by atoms with E-state index < -0.39 is 0 Å². The Balaban J connectivity index is 4.69. The Labute approximate surface area is 303 Å². The van der Waals surface area contributed by atoms with Gasteiger partial charge in [0, 0.05) is 26.2 Å². The van der Waals surface area contributed by atoms with Crippen LogP contribution in [0.2, 0.25) is 0 Å². The van der Waals surface area contributed by atoms with Crippen LogP contribution < -0.4 is 0 Å². The van der Waals surface area contributed by atoms with Crippen molar-refractivity contribution < 1.29 is 0 Å². The van der Waals surface area contributed by atoms with Gasteiger partial charge in [-0.25, -0.2) is 0 Å². The second kappa shape index (κ2) is 37.3. The van der Waals surface area contributed by atoms with Crippen molar-refractivity contribution in [2.45, 2.75) is 207 Å². The van der Waals surface area contributed by atoms with Gasteiger partial charge in [0.1, 0.15) is 8.64 Å². The molecule has 0 unspecified atom stereocenters. The molecule has 0 rings (SSSR count). The van der Waals surface area contributed by atoms with E-state index in [1.54, 1.807) is 0 Å². The van der Waals surface area contributed by atoms with Crippen LogP contribution in [0.1, 0.15) is 207 Å². The molecule has 2 nitrogen and oxygen atoms in total. The lowest BCUT2D eigenvalue weighted by Gasteiger charge is -2.27. The van der Waals surface area contributed by atoms with Gasteiger partial charge in [-0.05, 0) is 25.7 Å². The monoisotopic (exact) mass is 703 g/mol. The number of thioether (sulfide) groups is 2. The molecule has 0 saturated carbocycles. The van der Waals surface area contributed by atoms with Gasteiger partial charge in [0.15, 0.2) is 0 Å². The maximum absolute atomic E-state index is 6.04. The van der Waals surface area contributed by atoms with E-state index in [1.165, 1.54) is 180 Å². The van der Waals surface area contributed by atoms with Gasteiger partial charge in [-0.3, -0.25) is 0 Å². The third-order valence-electron chi connectivity index (χ3n) is 9.01. The average Bonchev–Trinajstić information content (AvgIpc) is 3.04. The first-order chi connectivity index (χ1) is 22.1. The third-order valence-corrected chi connectivity index (χ3v) is 12.2. The first kappa shape index (κ1) is 45.5. The largest absolute Gasteiger partial charge is 0.358 e. The SMILES string of the molecule is CCCCCCCCCCN(CCCCCCCC)C(=S)SCSC(=S)N(CCCCCCCC)CCCCCCCCCC. The molecule has 0 amide bonds. The van der Waals surface area contributed by atoms with Crippen molar-refractivity contribution in [3.05, 3.63) is 0 Å². The highest BCUT2D eigenvalue weighted by atomic mass is 32.2. The van der Waals surface area contributed by atoms with Crippen LogP contribution in [-0.4, -0.2) is 49.7 Å². The highest BCUT2D eigenvalue weighted by Crippen LogP contribution is 2.22. The van der Waals surface area contributed by atoms with Gasteiger partial charge in [-0.1, -0.05) is 230 Å². The second-order valence-electron chi connectivity index (χ2n) is 13.4. The molecular formula is C39H78N2S4. The van der Waals surface area contributed by atoms with Crippen LogP contribution in [0, 0.1) is 0 Å². The Bertz CT molecular complexity index is 578. The molecular weight excluding hydrogens is 625 g/mol. The van der Waals surface area contributed by atoms with E-state index in [4.69, 9.17) is 24.4 Å². The standard InChI is InChI=1S/C39H78N2S4/c1-5-9-13-17-21-23-27-31-35-40(33-29-25-19-15-11-7-3)38(42)44-37-45-39(43)41(34-30-26-20-16-12-8-4)36-32-28-24-22-18-14-10-6-2/h5-37H2,1-4H3. The number of thiocarbonyl (C=S) groups is 2. The molecule has 0 heterocycles. The molecule has 0 bridgehead atoms. The lowest BCUT2D eigenvalue weighted by molar-refractivity contribution is 0.394. The molecule has 0 aromatic carbocycles. The number of rotatable bonds is 34. The predicted octanol–water partition coefficient (Wildman–Crippen LogP) is 14.6. The average molecular weight is 703 g/mol. The molecule has 0 saturated heterocycles. The van der Waals surface area contributed by atoms with E-state index in [0.717, 1.165) is 39.9 Å². The Morgan fingerprint density at radius 1 is 0.333 bits per heavy atom. The molecule has 0 radical (unpaired) electrons. The normalized spacial score (nSPS) is 11.3. The molecule has 0 aromatic heterocycles. The Hall–Kier alpha value is 0.480. The molecule has 0 aromatic rings. The molecule has 45 heavy (non-hydrogen) atoms. The highest BCUT2D eigenvalue weighted by molar-refractivity contribution is 8.35. The summed E-state index contributed by atoms with van der Waals surface area (Å²) >= 11 is 15.8. The Morgan fingerprint density at radius 3 is 0.756 bits per heavy atom. The van der Waals surface area contributed by atoms with Crippen molar-refractivity contribution >= 4 is 56.6 Å². The van der Waals surface area contributed by atoms with Gasteiger partial charge in [0.2, 0.25) is 0 Å². The van der Waals surface area contributed by atoms with Crippen molar-refractivity contribution in [3.63, 3.8) is 0 Å². The van der Waals surface area contributed by atoms with Gasteiger partial charge in [0.05, 0.1) is 5.08 Å². The van der Waals surface area contributed by atoms with E-state index in [1.807, 2.05) is 23.5 Å². The zero-order chi connectivity index (χ0) is 33.1. The van der Waals surface area contributed by atoms with E-state index in [2.05, 4.69) is 37.5 Å². The summed E-state index contributed by atoms with van der Waals surface area (Å²) in [6, 6.07) is 0. The number of hydrogen-bond acceptors (Lipinski definition) is 4. The van der Waals surface area contributed by atoms with Crippen molar-refractivity contribution in [3.8, 4) is 0 Å². The van der Waals surface area contributed by atoms with Crippen molar-refractivity contribution in [2.75, 3.05) is 31.3 Å². The van der Waals surface area contributed by atoms with Gasteiger partial charge in [0.25, 0.3) is 0 Å². The zero-order valence-electron chi connectivity index (χ0n) is 30.9. The lowest BCUT2D eigenvalue weighted by atomic mass is 10.1. The Morgan fingerprint density at radius 2 is 0.533 bits per heavy atom. The fourth-order valence-electron chi connectivity index (χ4n) is 5.94. The lowest BCUT2D eigenvalue weighted by Crippen LogP contribution is -2.31. The first-order valence-corrected chi connectivity index (χ1v) is 22.7. The van der Waals surface area contributed by atoms with E-state index >= 15 is 0 Å². The summed E-state index contributed by atoms with van der Waals surface area (Å²) in [5.74, 6) is 0. The second-order valence-corrected chi connectivity index (χ2v) is 17.0. The minimum absolute atomic E-state index is 0.951. The van der Waals surface area contributed by atoms with Crippen molar-refractivity contribution in [1.82, 2.24) is 9.80 Å². The zero-order valence-corrected chi connectivity index (χ0v) is 34.1.